The van der Waals surface area contributed by atoms with Gasteiger partial charge in [-0.3, -0.25) is 0 Å². The van der Waals surface area contributed by atoms with Gasteiger partial charge < -0.3 is 14.9 Å². The van der Waals surface area contributed by atoms with Crippen molar-refractivity contribution in [3.63, 3.8) is 0 Å². The second-order valence-electron chi connectivity index (χ2n) is 2.42. The van der Waals surface area contributed by atoms with Gasteiger partial charge in [-0.15, -0.1) is 0 Å². The Balaban J connectivity index is 0.000000845. The normalized spacial score (nSPS) is 9.54. The van der Waals surface area contributed by atoms with Crippen molar-refractivity contribution in [2.45, 2.75) is 0 Å². The minimum Gasteiger partial charge on any atom is -0.545 e. The van der Waals surface area contributed by atoms with Gasteiger partial charge in [0, 0.05) is 0 Å². The van der Waals surface area contributed by atoms with Crippen LogP contribution in [0.15, 0.2) is 24.5 Å². The Morgan fingerprint density at radius 2 is 2.23 bits per heavy atom. The van der Waals surface area contributed by atoms with E-state index in [1.807, 2.05) is 0 Å². The summed E-state index contributed by atoms with van der Waals surface area (Å²) in [5, 5.41) is 10.4. The van der Waals surface area contributed by atoms with Crippen LogP contribution in [-0.4, -0.2) is 15.9 Å². The molecule has 1 N–H and O–H groups in total. The summed E-state index contributed by atoms with van der Waals surface area (Å²) in [5.74, 6) is -1.18. The summed E-state index contributed by atoms with van der Waals surface area (Å²) >= 11 is 0. The fraction of sp³-hybridized carbons (Fsp3) is 0. The first-order valence-electron chi connectivity index (χ1n) is 3.42. The molecule has 0 aliphatic rings. The number of nitrogens with one attached hydrogen (secondary N) is 1. The van der Waals surface area contributed by atoms with Crippen LogP contribution in [0.25, 0.3) is 11.0 Å². The van der Waals surface area contributed by atoms with Crippen LogP contribution in [0.1, 0.15) is 10.4 Å². The fourth-order valence-corrected chi connectivity index (χ4v) is 1.06. The molecule has 0 radical (unpaired) electrons. The van der Waals surface area contributed by atoms with Crippen molar-refractivity contribution >= 4 is 17.0 Å². The largest absolute Gasteiger partial charge is 1.00 e. The van der Waals surface area contributed by atoms with Gasteiger partial charge in [0.05, 0.1) is 23.3 Å². The van der Waals surface area contributed by atoms with Crippen LogP contribution in [0.5, 0.6) is 0 Å². The number of benzene rings is 1. The van der Waals surface area contributed by atoms with Crippen LogP contribution in [-0.2, 0) is 0 Å². The number of hydrogen-bond acceptors (Lipinski definition) is 3. The average molecular weight is 294 g/mol. The summed E-state index contributed by atoms with van der Waals surface area (Å²) in [6.45, 7) is 0. The number of carboxylic acids is 1. The number of aromatic amines is 1. The summed E-state index contributed by atoms with van der Waals surface area (Å²) in [6.07, 6.45) is 1.52. The van der Waals surface area contributed by atoms with E-state index >= 15 is 0 Å². The maximum Gasteiger partial charge on any atom is 1.00 e. The van der Waals surface area contributed by atoms with Crippen LogP contribution in [0, 0.1) is 0 Å². The van der Waals surface area contributed by atoms with Crippen molar-refractivity contribution in [2.24, 2.45) is 0 Å². The van der Waals surface area contributed by atoms with Gasteiger partial charge in [-0.25, -0.2) is 4.98 Å². The Kier molecular flexibility index (Phi) is 4.02. The maximum absolute atomic E-state index is 10.4. The number of H-pyrrole nitrogens is 1. The summed E-state index contributed by atoms with van der Waals surface area (Å²) in [5.41, 5.74) is 1.60. The van der Waals surface area contributed by atoms with Gasteiger partial charge in [-0.05, 0) is 17.7 Å². The minimum absolute atomic E-state index is 0. The smallest absolute Gasteiger partial charge is 0.545 e. The number of aromatic carboxylic acids is 1. The fourth-order valence-electron chi connectivity index (χ4n) is 1.06. The van der Waals surface area contributed by atoms with E-state index in [-0.39, 0.29) is 74.5 Å². The van der Waals surface area contributed by atoms with Gasteiger partial charge in [0.2, 0.25) is 0 Å². The van der Waals surface area contributed by atoms with Gasteiger partial charge in [-0.2, -0.15) is 0 Å². The van der Waals surface area contributed by atoms with E-state index in [1.54, 1.807) is 6.07 Å². The van der Waals surface area contributed by atoms with E-state index in [2.05, 4.69) is 9.97 Å². The number of rotatable bonds is 1. The predicted molar refractivity (Wildman–Crippen MR) is 40.4 cm³/mol. The number of aromatic nitrogens is 2. The molecule has 1 aromatic carbocycles. The van der Waals surface area contributed by atoms with Crippen molar-refractivity contribution in [3.8, 4) is 0 Å². The molecule has 2 aromatic rings. The third-order valence-corrected chi connectivity index (χ3v) is 1.66. The van der Waals surface area contributed by atoms with Crippen molar-refractivity contribution < 1.29 is 78.8 Å². The molecule has 0 atom stereocenters. The summed E-state index contributed by atoms with van der Waals surface area (Å²) in [7, 11) is 0. The molecule has 13 heavy (non-hydrogen) atoms. The Morgan fingerprint density at radius 3 is 2.92 bits per heavy atom. The quantitative estimate of drug-likeness (QED) is 0.607. The van der Waals surface area contributed by atoms with Gasteiger partial charge in [-0.1, -0.05) is 6.07 Å². The van der Waals surface area contributed by atoms with Gasteiger partial charge in [0.25, 0.3) is 0 Å². The van der Waals surface area contributed by atoms with Gasteiger partial charge in [0.15, 0.2) is 0 Å². The number of nitrogens with zero attached hydrogens (tertiary/aromatic N) is 1. The number of imidazole rings is 1. The molecule has 0 bridgehead atoms. The summed E-state index contributed by atoms with van der Waals surface area (Å²) < 4.78 is 0. The second kappa shape index (κ2) is 4.63. The molecule has 0 spiro atoms. The first-order chi connectivity index (χ1) is 5.77. The van der Waals surface area contributed by atoms with E-state index < -0.39 is 5.97 Å². The van der Waals surface area contributed by atoms with Crippen LogP contribution >= 0.6 is 0 Å². The van der Waals surface area contributed by atoms with E-state index in [1.165, 1.54) is 18.5 Å². The zero-order chi connectivity index (χ0) is 8.55. The topological polar surface area (TPSA) is 68.8 Å². The van der Waals surface area contributed by atoms with Crippen molar-refractivity contribution in [2.75, 3.05) is 0 Å². The van der Waals surface area contributed by atoms with Crippen LogP contribution in [0.4, 0.5) is 0 Å². The molecule has 0 aliphatic carbocycles. The van der Waals surface area contributed by atoms with E-state index in [9.17, 15) is 9.90 Å². The summed E-state index contributed by atoms with van der Waals surface area (Å²) in [4.78, 5) is 17.2. The molecule has 2 rings (SSSR count). The Bertz CT molecular complexity index is 438. The van der Waals surface area contributed by atoms with Crippen molar-refractivity contribution in [1.82, 2.24) is 9.97 Å². The van der Waals surface area contributed by atoms with Crippen molar-refractivity contribution in [1.29, 1.82) is 0 Å². The molecular weight excluding hydrogens is 289 g/mol. The van der Waals surface area contributed by atoms with E-state index in [0.717, 1.165) is 5.52 Å². The molecule has 0 saturated heterocycles. The number of fused-ring (bicyclic) bond motifs is 1. The first kappa shape index (κ1) is 11.3. The molecule has 4 nitrogen and oxygen atoms in total. The zero-order valence-electron chi connectivity index (χ0n) is 7.07. The molecule has 0 amide bonds. The second-order valence-corrected chi connectivity index (χ2v) is 2.42. The molecule has 0 saturated carbocycles. The van der Waals surface area contributed by atoms with Gasteiger partial charge in [0.1, 0.15) is 0 Å². The Labute approximate surface area is 133 Å². The minimum atomic E-state index is -1.18. The molecule has 0 unspecified atom stereocenters. The molecule has 5 heteroatoms. The van der Waals surface area contributed by atoms with Crippen molar-refractivity contribution in [3.05, 3.63) is 30.1 Å². The standard InChI is InChI=1S/C8H6N2O2.Cs/c11-8(12)5-1-2-6-7(3-5)10-4-9-6;/h1-4H,(H,9,10)(H,11,12);/q;+1/p-1. The molecule has 0 fully saturated rings. The molecule has 1 aromatic heterocycles. The third kappa shape index (κ3) is 2.36. The first-order valence-corrected chi connectivity index (χ1v) is 3.42. The van der Waals surface area contributed by atoms with Gasteiger partial charge >= 0.3 is 68.9 Å². The van der Waals surface area contributed by atoms with Crippen LogP contribution < -0.4 is 74.0 Å². The molecular formula is C8H5CsN2O2. The number of hydrogen-bond donors (Lipinski definition) is 1. The maximum atomic E-state index is 10.4. The zero-order valence-corrected chi connectivity index (χ0v) is 13.4. The van der Waals surface area contributed by atoms with E-state index in [0.29, 0.717) is 5.52 Å². The Morgan fingerprint density at radius 1 is 1.46 bits per heavy atom. The SMILES string of the molecule is O=C([O-])c1ccc2[nH]cnc2c1.[Cs+]. The average Bonchev–Trinajstić information content (AvgIpc) is 2.49. The number of carboxylic acid groups (broad SMARTS) is 1. The van der Waals surface area contributed by atoms with Crippen LogP contribution in [0.2, 0.25) is 0 Å². The van der Waals surface area contributed by atoms with E-state index in [4.69, 9.17) is 0 Å². The monoisotopic (exact) mass is 294 g/mol. The molecule has 60 valence electrons. The number of carbonyl (C=O) groups excluding carboxylic acids is 1. The number of carbonyl (C=O) groups is 1. The Hall–Kier alpha value is 0.212. The third-order valence-electron chi connectivity index (χ3n) is 1.66. The summed E-state index contributed by atoms with van der Waals surface area (Å²) in [6, 6.07) is 4.62. The molecule has 0 aliphatic heterocycles. The molecule has 1 heterocycles. The predicted octanol–water partition coefficient (Wildman–Crippen LogP) is -3.07. The van der Waals surface area contributed by atoms with Crippen LogP contribution in [0.3, 0.4) is 0 Å².